The van der Waals surface area contributed by atoms with Gasteiger partial charge in [-0.15, -0.1) is 0 Å². The van der Waals surface area contributed by atoms with Gasteiger partial charge in [0.2, 0.25) is 0 Å². The molecule has 3 rings (SSSR count). The van der Waals surface area contributed by atoms with Gasteiger partial charge in [0.25, 0.3) is 0 Å². The zero-order chi connectivity index (χ0) is 22.5. The maximum absolute atomic E-state index is 11.5. The maximum Gasteiger partial charge on any atom is 0.335 e. The maximum atomic E-state index is 11.5. The van der Waals surface area contributed by atoms with Crippen molar-refractivity contribution < 1.29 is 29.3 Å². The van der Waals surface area contributed by atoms with E-state index in [2.05, 4.69) is 15.9 Å². The summed E-state index contributed by atoms with van der Waals surface area (Å²) in [5, 5.41) is 19.4. The van der Waals surface area contributed by atoms with Crippen LogP contribution in [0.1, 0.15) is 34.8 Å². The number of carboxylic acids is 2. The van der Waals surface area contributed by atoms with Gasteiger partial charge in [0.1, 0.15) is 18.4 Å². The number of carboxylic acid groups (broad SMARTS) is 2. The molecule has 0 aromatic heterocycles. The van der Waals surface area contributed by atoms with Crippen molar-refractivity contribution >= 4 is 39.5 Å². The van der Waals surface area contributed by atoms with Crippen molar-refractivity contribution in [2.24, 2.45) is 0 Å². The van der Waals surface area contributed by atoms with Crippen LogP contribution >= 0.6 is 27.5 Å². The predicted octanol–water partition coefficient (Wildman–Crippen LogP) is 4.44. The van der Waals surface area contributed by atoms with E-state index in [4.69, 9.17) is 21.1 Å². The van der Waals surface area contributed by atoms with Gasteiger partial charge in [-0.1, -0.05) is 40.5 Å². The number of hydrogen-bond donors (Lipinski definition) is 2. The van der Waals surface area contributed by atoms with Crippen LogP contribution in [0.2, 0.25) is 5.02 Å². The number of aliphatic carboxylic acids is 1. The van der Waals surface area contributed by atoms with E-state index in [-0.39, 0.29) is 24.9 Å². The number of carbonyl (C=O) groups is 2. The number of likely N-dealkylation sites (tertiary alicyclic amines) is 1. The summed E-state index contributed by atoms with van der Waals surface area (Å²) in [5.74, 6) is -1.52. The normalized spacial score (nSPS) is 18.8. The fourth-order valence-corrected chi connectivity index (χ4v) is 4.35. The molecule has 0 amide bonds. The van der Waals surface area contributed by atoms with Crippen molar-refractivity contribution in [3.8, 4) is 5.75 Å². The van der Waals surface area contributed by atoms with Gasteiger partial charge in [-0.25, -0.2) is 4.79 Å². The van der Waals surface area contributed by atoms with Gasteiger partial charge in [-0.2, -0.15) is 0 Å². The van der Waals surface area contributed by atoms with Gasteiger partial charge in [-0.3, -0.25) is 9.69 Å². The van der Waals surface area contributed by atoms with Crippen LogP contribution in [0, 0.1) is 0 Å². The van der Waals surface area contributed by atoms with Gasteiger partial charge >= 0.3 is 11.9 Å². The monoisotopic (exact) mass is 511 g/mol. The zero-order valence-electron chi connectivity index (χ0n) is 16.9. The van der Waals surface area contributed by atoms with Gasteiger partial charge in [0.05, 0.1) is 18.3 Å². The molecule has 2 N–H and O–H groups in total. The molecule has 0 radical (unpaired) electrons. The Labute approximate surface area is 193 Å². The lowest BCUT2D eigenvalue weighted by Gasteiger charge is -2.17. The van der Waals surface area contributed by atoms with Crippen molar-refractivity contribution in [1.29, 1.82) is 0 Å². The summed E-state index contributed by atoms with van der Waals surface area (Å²) in [7, 11) is 0. The summed E-state index contributed by atoms with van der Waals surface area (Å²) in [6.07, 6.45) is 0.166. The average Bonchev–Trinajstić information content (AvgIpc) is 3.15. The van der Waals surface area contributed by atoms with E-state index in [1.54, 1.807) is 18.2 Å². The standard InChI is InChI=1S/C22H23BrClNO6/c1-2-25-10-18(9-20(25)22(28)29)30-11-13-5-15(21(26)27)7-17(6-13)31-12-14-3-4-16(24)8-19(14)23/h3-8,18,20H,2,9-12H2,1H3,(H,26,27)(H,28,29). The first kappa shape index (κ1) is 23.5. The van der Waals surface area contributed by atoms with Crippen LogP contribution in [0.15, 0.2) is 40.9 Å². The molecule has 1 aliphatic heterocycles. The Kier molecular flexibility index (Phi) is 7.94. The van der Waals surface area contributed by atoms with Crippen LogP contribution in [-0.4, -0.2) is 52.3 Å². The third-order valence-corrected chi connectivity index (χ3v) is 6.14. The molecule has 166 valence electrons. The second-order valence-corrected chi connectivity index (χ2v) is 8.60. The molecule has 7 nitrogen and oxygen atoms in total. The molecule has 2 unspecified atom stereocenters. The largest absolute Gasteiger partial charge is 0.489 e. The fourth-order valence-electron chi connectivity index (χ4n) is 3.55. The highest BCUT2D eigenvalue weighted by atomic mass is 79.9. The minimum atomic E-state index is -1.07. The first-order chi connectivity index (χ1) is 14.8. The van der Waals surface area contributed by atoms with Crippen LogP contribution in [0.4, 0.5) is 0 Å². The van der Waals surface area contributed by atoms with Crippen molar-refractivity contribution in [1.82, 2.24) is 4.90 Å². The van der Waals surface area contributed by atoms with Crippen molar-refractivity contribution in [3.63, 3.8) is 0 Å². The quantitative estimate of drug-likeness (QED) is 0.513. The lowest BCUT2D eigenvalue weighted by atomic mass is 10.1. The van der Waals surface area contributed by atoms with E-state index < -0.39 is 18.0 Å². The second-order valence-electron chi connectivity index (χ2n) is 7.31. The molecule has 9 heteroatoms. The van der Waals surface area contributed by atoms with Crippen LogP contribution in [0.3, 0.4) is 0 Å². The number of rotatable bonds is 9. The van der Waals surface area contributed by atoms with Gasteiger partial charge in [0.15, 0.2) is 0 Å². The number of likely N-dealkylation sites (N-methyl/N-ethyl adjacent to an activating group) is 1. The molecule has 0 spiro atoms. The first-order valence-corrected chi connectivity index (χ1v) is 11.0. The van der Waals surface area contributed by atoms with Gasteiger partial charge in [-0.05, 0) is 42.4 Å². The van der Waals surface area contributed by atoms with Gasteiger partial charge in [0, 0.05) is 28.0 Å². The predicted molar refractivity (Wildman–Crippen MR) is 119 cm³/mol. The van der Waals surface area contributed by atoms with E-state index in [0.29, 0.717) is 35.8 Å². The molecule has 1 saturated heterocycles. The molecular weight excluding hydrogens is 490 g/mol. The van der Waals surface area contributed by atoms with E-state index in [9.17, 15) is 19.8 Å². The van der Waals surface area contributed by atoms with Crippen LogP contribution in [0.5, 0.6) is 5.75 Å². The molecule has 31 heavy (non-hydrogen) atoms. The molecule has 2 atom stereocenters. The average molecular weight is 513 g/mol. The number of halogens is 2. The highest BCUT2D eigenvalue weighted by Gasteiger charge is 2.36. The smallest absolute Gasteiger partial charge is 0.335 e. The Balaban J connectivity index is 1.68. The fraction of sp³-hybridized carbons (Fsp3) is 0.364. The molecular formula is C22H23BrClNO6. The molecule has 0 aliphatic carbocycles. The van der Waals surface area contributed by atoms with Crippen LogP contribution in [-0.2, 0) is 22.7 Å². The van der Waals surface area contributed by atoms with E-state index in [1.807, 2.05) is 17.9 Å². The van der Waals surface area contributed by atoms with Crippen molar-refractivity contribution in [2.45, 2.75) is 38.7 Å². The van der Waals surface area contributed by atoms with Crippen LogP contribution < -0.4 is 4.74 Å². The molecule has 1 heterocycles. The Hall–Kier alpha value is -2.13. The summed E-state index contributed by atoms with van der Waals surface area (Å²) in [6.45, 7) is 3.47. The van der Waals surface area contributed by atoms with Crippen LogP contribution in [0.25, 0.3) is 0 Å². The lowest BCUT2D eigenvalue weighted by Crippen LogP contribution is -2.35. The number of benzene rings is 2. The Morgan fingerprint density at radius 2 is 1.97 bits per heavy atom. The highest BCUT2D eigenvalue weighted by Crippen LogP contribution is 2.26. The number of aromatic carboxylic acids is 1. The SMILES string of the molecule is CCN1CC(OCc2cc(OCc3ccc(Cl)cc3Br)cc(C(=O)O)c2)CC1C(=O)O. The molecule has 0 saturated carbocycles. The lowest BCUT2D eigenvalue weighted by molar-refractivity contribution is -0.142. The van der Waals surface area contributed by atoms with Crippen molar-refractivity contribution in [3.05, 3.63) is 62.6 Å². The van der Waals surface area contributed by atoms with Crippen molar-refractivity contribution in [2.75, 3.05) is 13.1 Å². The summed E-state index contributed by atoms with van der Waals surface area (Å²) in [4.78, 5) is 24.8. The number of nitrogens with zero attached hydrogens (tertiary/aromatic N) is 1. The topological polar surface area (TPSA) is 96.3 Å². The zero-order valence-corrected chi connectivity index (χ0v) is 19.2. The Morgan fingerprint density at radius 1 is 1.19 bits per heavy atom. The molecule has 1 aliphatic rings. The summed E-state index contributed by atoms with van der Waals surface area (Å²) < 4.78 is 12.5. The first-order valence-electron chi connectivity index (χ1n) is 9.79. The Morgan fingerprint density at radius 3 is 2.58 bits per heavy atom. The molecule has 1 fully saturated rings. The number of ether oxygens (including phenoxy) is 2. The highest BCUT2D eigenvalue weighted by molar-refractivity contribution is 9.10. The summed E-state index contributed by atoms with van der Waals surface area (Å²) in [6, 6.07) is 9.52. The Bertz CT molecular complexity index is 969. The summed E-state index contributed by atoms with van der Waals surface area (Å²) >= 11 is 9.39. The third kappa shape index (κ3) is 6.20. The third-order valence-electron chi connectivity index (χ3n) is 5.16. The molecule has 0 bridgehead atoms. The molecule has 2 aromatic carbocycles. The van der Waals surface area contributed by atoms with E-state index >= 15 is 0 Å². The minimum Gasteiger partial charge on any atom is -0.489 e. The van der Waals surface area contributed by atoms with E-state index in [1.165, 1.54) is 12.1 Å². The minimum absolute atomic E-state index is 0.0938. The van der Waals surface area contributed by atoms with Gasteiger partial charge < -0.3 is 19.7 Å². The molecule has 2 aromatic rings. The summed E-state index contributed by atoms with van der Waals surface area (Å²) in [5.41, 5.74) is 1.61. The number of hydrogen-bond acceptors (Lipinski definition) is 5. The van der Waals surface area contributed by atoms with E-state index in [0.717, 1.165) is 10.0 Å². The second kappa shape index (κ2) is 10.5.